The molecule has 5 heteroatoms. The molecule has 0 aromatic heterocycles. The number of piperidine rings is 1. The molecule has 2 rings (SSSR count). The number of rotatable bonds is 3. The molecule has 0 radical (unpaired) electrons. The van der Waals surface area contributed by atoms with Crippen LogP contribution in [0.5, 0.6) is 0 Å². The number of hydrogen-bond acceptors (Lipinski definition) is 2. The van der Waals surface area contributed by atoms with Crippen molar-refractivity contribution < 1.29 is 4.79 Å². The Bertz CT molecular complexity index is 496. The normalized spacial score (nSPS) is 15.9. The van der Waals surface area contributed by atoms with E-state index in [1.165, 1.54) is 11.3 Å². The van der Waals surface area contributed by atoms with Gasteiger partial charge in [0.15, 0.2) is 0 Å². The van der Waals surface area contributed by atoms with E-state index in [1.807, 2.05) is 19.0 Å². The molecule has 116 valence electrons. The molecule has 1 N–H and O–H groups in total. The van der Waals surface area contributed by atoms with Crippen molar-refractivity contribution in [3.05, 3.63) is 28.2 Å². The molecule has 2 amide bonds. The largest absolute Gasteiger partial charge is 0.382 e. The third kappa shape index (κ3) is 4.13. The van der Waals surface area contributed by atoms with Crippen LogP contribution in [0.3, 0.4) is 0 Å². The number of anilines is 1. The Morgan fingerprint density at radius 1 is 1.38 bits per heavy atom. The predicted octanol–water partition coefficient (Wildman–Crippen LogP) is 3.57. The summed E-state index contributed by atoms with van der Waals surface area (Å²) < 4.78 is 1.12. The van der Waals surface area contributed by atoms with Crippen LogP contribution in [0.2, 0.25) is 0 Å². The third-order valence-electron chi connectivity index (χ3n) is 3.96. The zero-order valence-electron chi connectivity index (χ0n) is 13.0. The molecule has 0 spiro atoms. The van der Waals surface area contributed by atoms with Gasteiger partial charge in [-0.25, -0.2) is 4.79 Å². The van der Waals surface area contributed by atoms with Gasteiger partial charge in [-0.15, -0.1) is 0 Å². The van der Waals surface area contributed by atoms with Gasteiger partial charge >= 0.3 is 6.03 Å². The second kappa shape index (κ2) is 7.16. The van der Waals surface area contributed by atoms with Crippen molar-refractivity contribution in [3.63, 3.8) is 0 Å². The summed E-state index contributed by atoms with van der Waals surface area (Å²) in [4.78, 5) is 15.5. The van der Waals surface area contributed by atoms with Crippen molar-refractivity contribution in [2.24, 2.45) is 0 Å². The van der Waals surface area contributed by atoms with Gasteiger partial charge in [-0.05, 0) is 43.0 Å². The van der Waals surface area contributed by atoms with Crippen LogP contribution in [-0.2, 0) is 6.42 Å². The van der Waals surface area contributed by atoms with Crippen LogP contribution < -0.4 is 5.32 Å². The number of hydrogen-bond donors (Lipinski definition) is 1. The molecule has 0 unspecified atom stereocenters. The molecule has 1 aromatic rings. The van der Waals surface area contributed by atoms with Crippen LogP contribution in [0.1, 0.15) is 25.3 Å². The molecule has 1 aliphatic rings. The van der Waals surface area contributed by atoms with Gasteiger partial charge in [-0.1, -0.05) is 22.9 Å². The number of carbonyl (C=O) groups is 1. The van der Waals surface area contributed by atoms with Gasteiger partial charge in [0, 0.05) is 43.4 Å². The standard InChI is InChI=1S/C16H24BrN3O/c1-4-12-11-13(17)5-6-15(12)18-14-7-9-20(10-8-14)16(21)19(2)3/h5-6,11,14,18H,4,7-10H2,1-3H3. The number of benzene rings is 1. The highest BCUT2D eigenvalue weighted by Crippen LogP contribution is 2.24. The number of nitrogens with one attached hydrogen (secondary N) is 1. The molecule has 0 aliphatic carbocycles. The van der Waals surface area contributed by atoms with Gasteiger partial charge < -0.3 is 15.1 Å². The summed E-state index contributed by atoms with van der Waals surface area (Å²) >= 11 is 3.52. The van der Waals surface area contributed by atoms with Gasteiger partial charge in [-0.3, -0.25) is 0 Å². The fraction of sp³-hybridized carbons (Fsp3) is 0.562. The molecule has 4 nitrogen and oxygen atoms in total. The molecule has 1 aliphatic heterocycles. The van der Waals surface area contributed by atoms with E-state index in [4.69, 9.17) is 0 Å². The van der Waals surface area contributed by atoms with E-state index >= 15 is 0 Å². The summed E-state index contributed by atoms with van der Waals surface area (Å²) in [6, 6.07) is 6.95. The van der Waals surface area contributed by atoms with Gasteiger partial charge in [0.1, 0.15) is 0 Å². The molecule has 0 saturated carbocycles. The average molecular weight is 354 g/mol. The summed E-state index contributed by atoms with van der Waals surface area (Å²) in [5.74, 6) is 0. The maximum Gasteiger partial charge on any atom is 0.319 e. The number of aryl methyl sites for hydroxylation is 1. The molecular formula is C16H24BrN3O. The van der Waals surface area contributed by atoms with Gasteiger partial charge in [0.05, 0.1) is 0 Å². The minimum Gasteiger partial charge on any atom is -0.382 e. The Kier molecular flexibility index (Phi) is 5.51. The molecule has 1 heterocycles. The van der Waals surface area contributed by atoms with Crippen LogP contribution in [0.15, 0.2) is 22.7 Å². The fourth-order valence-corrected chi connectivity index (χ4v) is 3.12. The van der Waals surface area contributed by atoms with Crippen LogP contribution in [-0.4, -0.2) is 49.1 Å². The highest BCUT2D eigenvalue weighted by Gasteiger charge is 2.23. The van der Waals surface area contributed by atoms with Crippen molar-refractivity contribution in [1.29, 1.82) is 0 Å². The minimum atomic E-state index is 0.117. The Hall–Kier alpha value is -1.23. The smallest absolute Gasteiger partial charge is 0.319 e. The van der Waals surface area contributed by atoms with Crippen LogP contribution in [0, 0.1) is 0 Å². The maximum atomic E-state index is 11.9. The fourth-order valence-electron chi connectivity index (χ4n) is 2.71. The maximum absolute atomic E-state index is 11.9. The minimum absolute atomic E-state index is 0.117. The first kappa shape index (κ1) is 16.1. The number of carbonyl (C=O) groups excluding carboxylic acids is 1. The SMILES string of the molecule is CCc1cc(Br)ccc1NC1CCN(C(=O)N(C)C)CC1. The summed E-state index contributed by atoms with van der Waals surface area (Å²) in [5.41, 5.74) is 2.55. The van der Waals surface area contributed by atoms with E-state index in [2.05, 4.69) is 46.4 Å². The van der Waals surface area contributed by atoms with E-state index in [0.717, 1.165) is 36.8 Å². The summed E-state index contributed by atoms with van der Waals surface area (Å²) in [6.07, 6.45) is 3.01. The zero-order valence-corrected chi connectivity index (χ0v) is 14.6. The van der Waals surface area contributed by atoms with E-state index in [1.54, 1.807) is 4.90 Å². The number of halogens is 1. The average Bonchev–Trinajstić information content (AvgIpc) is 2.49. The molecule has 0 bridgehead atoms. The lowest BCUT2D eigenvalue weighted by Gasteiger charge is -2.34. The first-order chi connectivity index (χ1) is 10.0. The van der Waals surface area contributed by atoms with Crippen molar-refractivity contribution in [3.8, 4) is 0 Å². The summed E-state index contributed by atoms with van der Waals surface area (Å²) in [7, 11) is 3.62. The van der Waals surface area contributed by atoms with Crippen molar-refractivity contribution in [2.45, 2.75) is 32.2 Å². The first-order valence-electron chi connectivity index (χ1n) is 7.52. The van der Waals surface area contributed by atoms with E-state index in [-0.39, 0.29) is 6.03 Å². The van der Waals surface area contributed by atoms with Crippen LogP contribution in [0.25, 0.3) is 0 Å². The highest BCUT2D eigenvalue weighted by molar-refractivity contribution is 9.10. The lowest BCUT2D eigenvalue weighted by atomic mass is 10.0. The van der Waals surface area contributed by atoms with E-state index in [0.29, 0.717) is 6.04 Å². The number of urea groups is 1. The Morgan fingerprint density at radius 2 is 2.05 bits per heavy atom. The van der Waals surface area contributed by atoms with Gasteiger partial charge in [-0.2, -0.15) is 0 Å². The number of likely N-dealkylation sites (tertiary alicyclic amines) is 1. The van der Waals surface area contributed by atoms with Crippen LogP contribution >= 0.6 is 15.9 Å². The quantitative estimate of drug-likeness (QED) is 0.901. The highest BCUT2D eigenvalue weighted by atomic mass is 79.9. The second-order valence-electron chi connectivity index (χ2n) is 5.74. The molecule has 21 heavy (non-hydrogen) atoms. The Morgan fingerprint density at radius 3 is 2.62 bits per heavy atom. The summed E-state index contributed by atoms with van der Waals surface area (Å²) in [6.45, 7) is 3.82. The number of amides is 2. The molecule has 1 aromatic carbocycles. The molecule has 0 atom stereocenters. The first-order valence-corrected chi connectivity index (χ1v) is 8.31. The second-order valence-corrected chi connectivity index (χ2v) is 6.65. The van der Waals surface area contributed by atoms with Gasteiger partial charge in [0.25, 0.3) is 0 Å². The van der Waals surface area contributed by atoms with E-state index < -0.39 is 0 Å². The molecular weight excluding hydrogens is 330 g/mol. The summed E-state index contributed by atoms with van der Waals surface area (Å²) in [5, 5.41) is 3.64. The monoisotopic (exact) mass is 353 g/mol. The lowest BCUT2D eigenvalue weighted by molar-refractivity contribution is 0.158. The van der Waals surface area contributed by atoms with E-state index in [9.17, 15) is 4.79 Å². The topological polar surface area (TPSA) is 35.6 Å². The van der Waals surface area contributed by atoms with Crippen molar-refractivity contribution >= 4 is 27.6 Å². The predicted molar refractivity (Wildman–Crippen MR) is 90.8 cm³/mol. The van der Waals surface area contributed by atoms with Crippen LogP contribution in [0.4, 0.5) is 10.5 Å². The molecule has 1 fully saturated rings. The third-order valence-corrected chi connectivity index (χ3v) is 4.45. The number of nitrogens with zero attached hydrogens (tertiary/aromatic N) is 2. The molecule has 1 saturated heterocycles. The van der Waals surface area contributed by atoms with Crippen molar-refractivity contribution in [2.75, 3.05) is 32.5 Å². The lowest BCUT2D eigenvalue weighted by Crippen LogP contribution is -2.46. The van der Waals surface area contributed by atoms with Gasteiger partial charge in [0.2, 0.25) is 0 Å². The Labute approximate surface area is 135 Å². The Balaban J connectivity index is 1.93. The zero-order chi connectivity index (χ0) is 15.4. The van der Waals surface area contributed by atoms with Crippen molar-refractivity contribution in [1.82, 2.24) is 9.80 Å².